The van der Waals surface area contributed by atoms with Crippen molar-refractivity contribution >= 4 is 16.9 Å². The van der Waals surface area contributed by atoms with Gasteiger partial charge in [-0.2, -0.15) is 0 Å². The first-order valence-corrected chi connectivity index (χ1v) is 11.4. The molecule has 0 radical (unpaired) electrons. The van der Waals surface area contributed by atoms with Gasteiger partial charge in [-0.3, -0.25) is 4.79 Å². The normalized spacial score (nSPS) is 12.9. The molecule has 2 heterocycles. The quantitative estimate of drug-likeness (QED) is 0.263. The fourth-order valence-electron chi connectivity index (χ4n) is 4.10. The lowest BCUT2D eigenvalue weighted by Crippen LogP contribution is -2.30. The van der Waals surface area contributed by atoms with Crippen molar-refractivity contribution in [1.82, 2.24) is 19.9 Å². The summed E-state index contributed by atoms with van der Waals surface area (Å²) in [4.78, 5) is 27.7. The number of benzene rings is 3. The van der Waals surface area contributed by atoms with E-state index in [0.717, 1.165) is 5.56 Å². The fraction of sp³-hybridized carbons (Fsp3) is 0.148. The van der Waals surface area contributed by atoms with Gasteiger partial charge in [0.15, 0.2) is 0 Å². The molecule has 0 saturated heterocycles. The van der Waals surface area contributed by atoms with E-state index < -0.39 is 17.7 Å². The average molecular weight is 486 g/mol. The van der Waals surface area contributed by atoms with E-state index in [4.69, 9.17) is 20.2 Å². The van der Waals surface area contributed by atoms with E-state index in [0.29, 0.717) is 40.7 Å². The van der Waals surface area contributed by atoms with Gasteiger partial charge in [0.2, 0.25) is 5.91 Å². The number of carbonyl (C=O) groups is 1. The number of carbonyl (C=O) groups excluding carboxylic acids is 1. The maximum absolute atomic E-state index is 13.2. The van der Waals surface area contributed by atoms with E-state index in [1.165, 1.54) is 18.5 Å². The van der Waals surface area contributed by atoms with Gasteiger partial charge in [0, 0.05) is 18.0 Å². The van der Waals surface area contributed by atoms with Crippen LogP contribution in [-0.2, 0) is 16.1 Å². The summed E-state index contributed by atoms with van der Waals surface area (Å²) in [6, 6.07) is 20.9. The highest BCUT2D eigenvalue weighted by molar-refractivity contribution is 5.83. The summed E-state index contributed by atoms with van der Waals surface area (Å²) in [7, 11) is 0. The van der Waals surface area contributed by atoms with Crippen LogP contribution in [0.3, 0.4) is 0 Å². The lowest BCUT2D eigenvalue weighted by Gasteiger charge is -2.22. The van der Waals surface area contributed by atoms with Crippen LogP contribution in [0, 0.1) is 5.82 Å². The maximum atomic E-state index is 13.2. The SMILES string of the molecule is NC(=O)C(c1cnc[nH]1)C(COCc1ccccc1)c1nc2ccc(Oc3ccc(F)cc3)cc2[nH]1. The molecule has 3 aromatic carbocycles. The molecule has 4 N–H and O–H groups in total. The number of fused-ring (bicyclic) bond motifs is 1. The Bertz CT molecular complexity index is 1440. The number of hydrogen-bond acceptors (Lipinski definition) is 5. The van der Waals surface area contributed by atoms with Gasteiger partial charge in [-0.15, -0.1) is 0 Å². The van der Waals surface area contributed by atoms with Gasteiger partial charge >= 0.3 is 0 Å². The molecule has 1 amide bonds. The van der Waals surface area contributed by atoms with Crippen LogP contribution in [-0.4, -0.2) is 32.4 Å². The van der Waals surface area contributed by atoms with Crippen LogP contribution in [0.2, 0.25) is 0 Å². The van der Waals surface area contributed by atoms with Crippen molar-refractivity contribution < 1.29 is 18.7 Å². The lowest BCUT2D eigenvalue weighted by atomic mass is 9.89. The molecule has 8 nitrogen and oxygen atoms in total. The molecule has 2 aromatic heterocycles. The van der Waals surface area contributed by atoms with Gasteiger partial charge in [0.05, 0.1) is 42.4 Å². The molecule has 5 aromatic rings. The number of H-pyrrole nitrogens is 2. The fourth-order valence-corrected chi connectivity index (χ4v) is 4.10. The number of amides is 1. The predicted molar refractivity (Wildman–Crippen MR) is 132 cm³/mol. The van der Waals surface area contributed by atoms with Crippen molar-refractivity contribution in [3.8, 4) is 11.5 Å². The van der Waals surface area contributed by atoms with Crippen molar-refractivity contribution in [2.24, 2.45) is 5.73 Å². The summed E-state index contributed by atoms with van der Waals surface area (Å²) in [5, 5.41) is 0. The van der Waals surface area contributed by atoms with Crippen LogP contribution < -0.4 is 10.5 Å². The first kappa shape index (κ1) is 23.3. The zero-order valence-corrected chi connectivity index (χ0v) is 19.2. The highest BCUT2D eigenvalue weighted by atomic mass is 19.1. The smallest absolute Gasteiger partial charge is 0.227 e. The van der Waals surface area contributed by atoms with E-state index in [9.17, 15) is 9.18 Å². The van der Waals surface area contributed by atoms with Gasteiger partial charge in [-0.25, -0.2) is 14.4 Å². The molecule has 0 fully saturated rings. The highest BCUT2D eigenvalue weighted by Crippen LogP contribution is 2.33. The largest absolute Gasteiger partial charge is 0.457 e. The Kier molecular flexibility index (Phi) is 6.72. The zero-order valence-electron chi connectivity index (χ0n) is 19.2. The molecule has 182 valence electrons. The number of primary amides is 1. The molecule has 0 aliphatic carbocycles. The summed E-state index contributed by atoms with van der Waals surface area (Å²) in [5.74, 6) is -0.474. The number of aromatic nitrogens is 4. The highest BCUT2D eigenvalue weighted by Gasteiger charge is 2.33. The minimum absolute atomic E-state index is 0.195. The predicted octanol–water partition coefficient (Wildman–Crippen LogP) is 4.79. The Hall–Kier alpha value is -4.50. The first-order valence-electron chi connectivity index (χ1n) is 11.4. The average Bonchev–Trinajstić information content (AvgIpc) is 3.55. The Morgan fingerprint density at radius 1 is 1.03 bits per heavy atom. The van der Waals surface area contributed by atoms with Crippen LogP contribution in [0.15, 0.2) is 85.3 Å². The molecular formula is C27H24FN5O3. The second-order valence-electron chi connectivity index (χ2n) is 8.35. The number of aromatic amines is 2. The molecule has 36 heavy (non-hydrogen) atoms. The van der Waals surface area contributed by atoms with Gasteiger partial charge in [0.1, 0.15) is 23.1 Å². The van der Waals surface area contributed by atoms with E-state index >= 15 is 0 Å². The number of imidazole rings is 2. The third kappa shape index (κ3) is 5.26. The van der Waals surface area contributed by atoms with Crippen molar-refractivity contribution in [3.05, 3.63) is 108 Å². The molecule has 2 atom stereocenters. The molecule has 0 bridgehead atoms. The number of rotatable bonds is 10. The summed E-state index contributed by atoms with van der Waals surface area (Å²) < 4.78 is 25.1. The molecule has 0 aliphatic heterocycles. The van der Waals surface area contributed by atoms with Crippen LogP contribution >= 0.6 is 0 Å². The van der Waals surface area contributed by atoms with Gasteiger partial charge in [-0.1, -0.05) is 30.3 Å². The maximum Gasteiger partial charge on any atom is 0.227 e. The summed E-state index contributed by atoms with van der Waals surface area (Å²) in [5.41, 5.74) is 8.83. The number of nitrogens with two attached hydrogens (primary N) is 1. The van der Waals surface area contributed by atoms with Crippen molar-refractivity contribution in [2.45, 2.75) is 18.4 Å². The van der Waals surface area contributed by atoms with Crippen LogP contribution in [0.4, 0.5) is 4.39 Å². The molecule has 0 aliphatic rings. The number of ether oxygens (including phenoxy) is 2. The second kappa shape index (κ2) is 10.4. The Labute approximate surface area is 206 Å². The van der Waals surface area contributed by atoms with Gasteiger partial charge in [-0.05, 0) is 42.0 Å². The van der Waals surface area contributed by atoms with Crippen molar-refractivity contribution in [2.75, 3.05) is 6.61 Å². The topological polar surface area (TPSA) is 119 Å². The van der Waals surface area contributed by atoms with Crippen LogP contribution in [0.25, 0.3) is 11.0 Å². The first-order chi connectivity index (χ1) is 17.6. The molecule has 5 rings (SSSR count). The van der Waals surface area contributed by atoms with E-state index in [2.05, 4.69) is 15.0 Å². The third-order valence-electron chi connectivity index (χ3n) is 5.84. The van der Waals surface area contributed by atoms with E-state index in [1.807, 2.05) is 36.4 Å². The second-order valence-corrected chi connectivity index (χ2v) is 8.35. The summed E-state index contributed by atoms with van der Waals surface area (Å²) in [6.07, 6.45) is 3.09. The Morgan fingerprint density at radius 3 is 2.53 bits per heavy atom. The minimum atomic E-state index is -0.737. The number of nitrogens with zero attached hydrogens (tertiary/aromatic N) is 2. The molecule has 0 spiro atoms. The monoisotopic (exact) mass is 485 g/mol. The standard InChI is InChI=1S/C27H24FN5O3/c28-18-6-8-19(9-7-18)36-20-10-11-22-23(12-20)33-27(32-22)21(15-35-14-17-4-2-1-3-5-17)25(26(29)34)24-13-30-16-31-24/h1-13,16,21,25H,14-15H2,(H2,29,34)(H,30,31)(H,32,33). The third-order valence-corrected chi connectivity index (χ3v) is 5.84. The molecular weight excluding hydrogens is 461 g/mol. The minimum Gasteiger partial charge on any atom is -0.457 e. The van der Waals surface area contributed by atoms with Gasteiger partial charge in [0.25, 0.3) is 0 Å². The van der Waals surface area contributed by atoms with Crippen molar-refractivity contribution in [3.63, 3.8) is 0 Å². The van der Waals surface area contributed by atoms with Crippen molar-refractivity contribution in [1.29, 1.82) is 0 Å². The molecule has 2 unspecified atom stereocenters. The Balaban J connectivity index is 1.43. The number of nitrogens with one attached hydrogen (secondary N) is 2. The van der Waals surface area contributed by atoms with Crippen LogP contribution in [0.1, 0.15) is 28.9 Å². The zero-order chi connectivity index (χ0) is 24.9. The van der Waals surface area contributed by atoms with Crippen LogP contribution in [0.5, 0.6) is 11.5 Å². The Morgan fingerprint density at radius 2 is 1.81 bits per heavy atom. The summed E-state index contributed by atoms with van der Waals surface area (Å²) >= 11 is 0. The summed E-state index contributed by atoms with van der Waals surface area (Å²) in [6.45, 7) is 0.571. The number of halogens is 1. The van der Waals surface area contributed by atoms with Gasteiger partial charge < -0.3 is 25.2 Å². The molecule has 0 saturated carbocycles. The number of hydrogen-bond donors (Lipinski definition) is 3. The van der Waals surface area contributed by atoms with E-state index in [-0.39, 0.29) is 12.4 Å². The molecule has 9 heteroatoms. The lowest BCUT2D eigenvalue weighted by molar-refractivity contribution is -0.120. The van der Waals surface area contributed by atoms with E-state index in [1.54, 1.807) is 30.5 Å².